The number of nitro benzene ring substituents is 1. The standard InChI is InChI=1S/C14H12ClN3O4/c1-2-22-10-4-5-11(12(7-10)18(20)21)17-14(19)9-3-6-13(15)16-8-9/h3-8H,2H2,1H3,(H,17,19). The molecule has 0 radical (unpaired) electrons. The summed E-state index contributed by atoms with van der Waals surface area (Å²) in [4.78, 5) is 26.4. The second-order valence-corrected chi connectivity index (χ2v) is 4.58. The van der Waals surface area contributed by atoms with E-state index >= 15 is 0 Å². The van der Waals surface area contributed by atoms with Crippen LogP contribution in [0.4, 0.5) is 11.4 Å². The minimum atomic E-state index is -0.585. The van der Waals surface area contributed by atoms with Crippen molar-refractivity contribution in [1.29, 1.82) is 0 Å². The molecule has 8 heteroatoms. The molecule has 2 rings (SSSR count). The number of hydrogen-bond donors (Lipinski definition) is 1. The number of benzene rings is 1. The molecule has 0 bridgehead atoms. The van der Waals surface area contributed by atoms with Crippen LogP contribution in [0, 0.1) is 10.1 Å². The molecule has 1 N–H and O–H groups in total. The van der Waals surface area contributed by atoms with Crippen LogP contribution in [0.5, 0.6) is 5.75 Å². The van der Waals surface area contributed by atoms with Crippen molar-refractivity contribution in [1.82, 2.24) is 4.98 Å². The number of ether oxygens (including phenoxy) is 1. The summed E-state index contributed by atoms with van der Waals surface area (Å²) in [6.45, 7) is 2.16. The maximum Gasteiger partial charge on any atom is 0.296 e. The van der Waals surface area contributed by atoms with E-state index in [1.165, 1.54) is 30.5 Å². The van der Waals surface area contributed by atoms with Crippen molar-refractivity contribution in [3.05, 3.63) is 57.4 Å². The predicted octanol–water partition coefficient (Wildman–Crippen LogP) is 3.29. The zero-order valence-electron chi connectivity index (χ0n) is 11.6. The Kier molecular flexibility index (Phi) is 4.90. The van der Waals surface area contributed by atoms with Gasteiger partial charge >= 0.3 is 0 Å². The van der Waals surface area contributed by atoms with Crippen LogP contribution in [0.15, 0.2) is 36.5 Å². The number of anilines is 1. The summed E-state index contributed by atoms with van der Waals surface area (Å²) >= 11 is 5.64. The smallest absolute Gasteiger partial charge is 0.296 e. The fraction of sp³-hybridized carbons (Fsp3) is 0.143. The third-order valence-electron chi connectivity index (χ3n) is 2.71. The number of amides is 1. The average molecular weight is 322 g/mol. The molecule has 0 unspecified atom stereocenters. The van der Waals surface area contributed by atoms with Gasteiger partial charge < -0.3 is 10.1 Å². The van der Waals surface area contributed by atoms with Gasteiger partial charge in [0.1, 0.15) is 16.6 Å². The lowest BCUT2D eigenvalue weighted by Gasteiger charge is -2.08. The number of aromatic nitrogens is 1. The number of rotatable bonds is 5. The predicted molar refractivity (Wildman–Crippen MR) is 81.5 cm³/mol. The van der Waals surface area contributed by atoms with E-state index in [4.69, 9.17) is 16.3 Å². The van der Waals surface area contributed by atoms with E-state index in [1.54, 1.807) is 13.0 Å². The summed E-state index contributed by atoms with van der Waals surface area (Å²) in [5.41, 5.74) is 0.0715. The average Bonchev–Trinajstić information content (AvgIpc) is 2.49. The lowest BCUT2D eigenvalue weighted by molar-refractivity contribution is -0.384. The first-order chi connectivity index (χ1) is 10.5. The van der Waals surface area contributed by atoms with Crippen LogP contribution in [0.1, 0.15) is 17.3 Å². The number of hydrogen-bond acceptors (Lipinski definition) is 5. The van der Waals surface area contributed by atoms with Crippen molar-refractivity contribution >= 4 is 28.9 Å². The normalized spacial score (nSPS) is 10.1. The lowest BCUT2D eigenvalue weighted by Crippen LogP contribution is -2.13. The molecule has 1 aromatic carbocycles. The van der Waals surface area contributed by atoms with Crippen LogP contribution in [0.25, 0.3) is 0 Å². The quantitative estimate of drug-likeness (QED) is 0.518. The molecule has 0 fully saturated rings. The van der Waals surface area contributed by atoms with Gasteiger partial charge in [0.05, 0.1) is 23.2 Å². The van der Waals surface area contributed by atoms with Crippen molar-refractivity contribution in [2.75, 3.05) is 11.9 Å². The Hall–Kier alpha value is -2.67. The Morgan fingerprint density at radius 2 is 2.18 bits per heavy atom. The summed E-state index contributed by atoms with van der Waals surface area (Å²) in [5, 5.41) is 13.8. The highest BCUT2D eigenvalue weighted by molar-refractivity contribution is 6.29. The van der Waals surface area contributed by atoms with Gasteiger partial charge in [-0.25, -0.2) is 4.98 Å². The fourth-order valence-electron chi connectivity index (χ4n) is 1.73. The van der Waals surface area contributed by atoms with E-state index in [2.05, 4.69) is 10.3 Å². The summed E-state index contributed by atoms with van der Waals surface area (Å²) in [7, 11) is 0. The van der Waals surface area contributed by atoms with Crippen LogP contribution in [-0.2, 0) is 0 Å². The summed E-state index contributed by atoms with van der Waals surface area (Å²) in [5.74, 6) is -0.156. The maximum absolute atomic E-state index is 12.1. The van der Waals surface area contributed by atoms with Crippen LogP contribution in [0.3, 0.4) is 0 Å². The molecule has 7 nitrogen and oxygen atoms in total. The van der Waals surface area contributed by atoms with E-state index in [1.807, 2.05) is 0 Å². The number of pyridine rings is 1. The first kappa shape index (κ1) is 15.7. The van der Waals surface area contributed by atoms with Gasteiger partial charge in [-0.15, -0.1) is 0 Å². The van der Waals surface area contributed by atoms with Crippen molar-refractivity contribution < 1.29 is 14.5 Å². The molecule has 0 aliphatic rings. The van der Waals surface area contributed by atoms with Crippen molar-refractivity contribution in [3.8, 4) is 5.75 Å². The van der Waals surface area contributed by atoms with Gasteiger partial charge in [-0.05, 0) is 31.2 Å². The van der Waals surface area contributed by atoms with Crippen molar-refractivity contribution in [2.24, 2.45) is 0 Å². The number of carbonyl (C=O) groups excluding carboxylic acids is 1. The molecule has 0 saturated heterocycles. The molecule has 0 spiro atoms. The third kappa shape index (κ3) is 3.70. The van der Waals surface area contributed by atoms with Gasteiger partial charge in [-0.2, -0.15) is 0 Å². The van der Waals surface area contributed by atoms with Gasteiger partial charge in [-0.3, -0.25) is 14.9 Å². The Balaban J connectivity index is 2.26. The van der Waals surface area contributed by atoms with Gasteiger partial charge in [0, 0.05) is 6.20 Å². The van der Waals surface area contributed by atoms with Crippen LogP contribution < -0.4 is 10.1 Å². The lowest BCUT2D eigenvalue weighted by atomic mass is 10.2. The van der Waals surface area contributed by atoms with Crippen LogP contribution >= 0.6 is 11.6 Å². The number of nitrogens with one attached hydrogen (secondary N) is 1. The second-order valence-electron chi connectivity index (χ2n) is 4.19. The minimum absolute atomic E-state index is 0.0772. The number of carbonyl (C=O) groups is 1. The molecule has 0 aliphatic heterocycles. The SMILES string of the molecule is CCOc1ccc(NC(=O)c2ccc(Cl)nc2)c([N+](=O)[O-])c1. The zero-order chi connectivity index (χ0) is 16.1. The highest BCUT2D eigenvalue weighted by Crippen LogP contribution is 2.29. The van der Waals surface area contributed by atoms with Gasteiger partial charge in [0.2, 0.25) is 0 Å². The van der Waals surface area contributed by atoms with Gasteiger partial charge in [-0.1, -0.05) is 11.6 Å². The van der Waals surface area contributed by atoms with Crippen LogP contribution in [0.2, 0.25) is 5.15 Å². The molecule has 0 aliphatic carbocycles. The van der Waals surface area contributed by atoms with Crippen molar-refractivity contribution in [2.45, 2.75) is 6.92 Å². The zero-order valence-corrected chi connectivity index (χ0v) is 12.3. The highest BCUT2D eigenvalue weighted by Gasteiger charge is 2.18. The molecule has 22 heavy (non-hydrogen) atoms. The molecular formula is C14H12ClN3O4. The molecule has 1 heterocycles. The molecule has 1 amide bonds. The Bertz CT molecular complexity index is 704. The number of halogens is 1. The first-order valence-electron chi connectivity index (χ1n) is 6.35. The summed E-state index contributed by atoms with van der Waals surface area (Å²) < 4.78 is 5.21. The molecule has 2 aromatic rings. The minimum Gasteiger partial charge on any atom is -0.494 e. The van der Waals surface area contributed by atoms with E-state index < -0.39 is 10.8 Å². The molecular weight excluding hydrogens is 310 g/mol. The maximum atomic E-state index is 12.1. The van der Waals surface area contributed by atoms with Crippen molar-refractivity contribution in [3.63, 3.8) is 0 Å². The third-order valence-corrected chi connectivity index (χ3v) is 2.94. The number of nitro groups is 1. The monoisotopic (exact) mass is 321 g/mol. The first-order valence-corrected chi connectivity index (χ1v) is 6.73. The Morgan fingerprint density at radius 1 is 1.41 bits per heavy atom. The Morgan fingerprint density at radius 3 is 2.77 bits per heavy atom. The van der Waals surface area contributed by atoms with E-state index in [0.717, 1.165) is 0 Å². The van der Waals surface area contributed by atoms with E-state index in [9.17, 15) is 14.9 Å². The van der Waals surface area contributed by atoms with Gasteiger partial charge in [0.15, 0.2) is 0 Å². The molecule has 1 aromatic heterocycles. The van der Waals surface area contributed by atoms with Crippen LogP contribution in [-0.4, -0.2) is 22.4 Å². The molecule has 0 atom stereocenters. The number of nitrogens with zero attached hydrogens (tertiary/aromatic N) is 2. The van der Waals surface area contributed by atoms with Gasteiger partial charge in [0.25, 0.3) is 11.6 Å². The fourth-order valence-corrected chi connectivity index (χ4v) is 1.84. The second kappa shape index (κ2) is 6.86. The van der Waals surface area contributed by atoms with E-state index in [-0.39, 0.29) is 22.1 Å². The summed E-state index contributed by atoms with van der Waals surface area (Å²) in [6.07, 6.45) is 1.29. The largest absolute Gasteiger partial charge is 0.494 e. The molecule has 0 saturated carbocycles. The summed E-state index contributed by atoms with van der Waals surface area (Å²) in [6, 6.07) is 7.17. The van der Waals surface area contributed by atoms with E-state index in [0.29, 0.717) is 12.4 Å². The topological polar surface area (TPSA) is 94.4 Å². The Labute approximate surface area is 131 Å². The molecule has 114 valence electrons. The highest BCUT2D eigenvalue weighted by atomic mass is 35.5.